The van der Waals surface area contributed by atoms with Crippen molar-refractivity contribution in [3.05, 3.63) is 96.1 Å². The SMILES string of the molecule is CN(C1C[C@H](CN2CCC(O)(CCCc3ccccc3)CC2)[C@@H](c2ccccc2)C1)S(=O)(=O)c1ccc(OC(F)(F)F)cc1. The minimum atomic E-state index is -4.85. The molecule has 0 amide bonds. The predicted octanol–water partition coefficient (Wildman–Crippen LogP) is 6.62. The van der Waals surface area contributed by atoms with Crippen LogP contribution in [0.25, 0.3) is 0 Å². The van der Waals surface area contributed by atoms with E-state index in [0.717, 1.165) is 76.0 Å². The monoisotopic (exact) mass is 630 g/mol. The Balaban J connectivity index is 1.22. The average Bonchev–Trinajstić information content (AvgIpc) is 3.42. The minimum absolute atomic E-state index is 0.0724. The molecule has 238 valence electrons. The summed E-state index contributed by atoms with van der Waals surface area (Å²) in [5, 5.41) is 11.3. The lowest BCUT2D eigenvalue weighted by atomic mass is 9.84. The predicted molar refractivity (Wildman–Crippen MR) is 164 cm³/mol. The van der Waals surface area contributed by atoms with E-state index in [9.17, 15) is 26.7 Å². The molecule has 3 aromatic carbocycles. The van der Waals surface area contributed by atoms with Crippen molar-refractivity contribution in [3.63, 3.8) is 0 Å². The van der Waals surface area contributed by atoms with Crippen LogP contribution in [0.1, 0.15) is 55.6 Å². The molecule has 1 saturated carbocycles. The highest BCUT2D eigenvalue weighted by Gasteiger charge is 2.42. The van der Waals surface area contributed by atoms with Gasteiger partial charge in [-0.25, -0.2) is 8.42 Å². The minimum Gasteiger partial charge on any atom is -0.406 e. The van der Waals surface area contributed by atoms with E-state index >= 15 is 0 Å². The Morgan fingerprint density at radius 1 is 0.932 bits per heavy atom. The third-order valence-electron chi connectivity index (χ3n) is 9.38. The first-order valence-corrected chi connectivity index (χ1v) is 16.7. The van der Waals surface area contributed by atoms with Crippen LogP contribution in [-0.4, -0.2) is 67.4 Å². The summed E-state index contributed by atoms with van der Waals surface area (Å²) in [6, 6.07) is 24.6. The zero-order chi connectivity index (χ0) is 31.4. The van der Waals surface area contributed by atoms with Crippen LogP contribution in [0.3, 0.4) is 0 Å². The first kappa shape index (κ1) is 32.5. The van der Waals surface area contributed by atoms with Gasteiger partial charge in [-0.1, -0.05) is 60.7 Å². The summed E-state index contributed by atoms with van der Waals surface area (Å²) in [5.74, 6) is -0.0891. The highest BCUT2D eigenvalue weighted by atomic mass is 32.2. The van der Waals surface area contributed by atoms with Gasteiger partial charge >= 0.3 is 6.36 Å². The molecular formula is C34H41F3N2O4S. The number of benzene rings is 3. The lowest BCUT2D eigenvalue weighted by Gasteiger charge is -2.40. The Morgan fingerprint density at radius 3 is 2.16 bits per heavy atom. The summed E-state index contributed by atoms with van der Waals surface area (Å²) < 4.78 is 70.1. The molecule has 0 radical (unpaired) electrons. The summed E-state index contributed by atoms with van der Waals surface area (Å²) in [4.78, 5) is 2.33. The van der Waals surface area contributed by atoms with Crippen LogP contribution in [0.5, 0.6) is 5.75 Å². The number of rotatable bonds is 11. The van der Waals surface area contributed by atoms with E-state index in [-0.39, 0.29) is 22.8 Å². The smallest absolute Gasteiger partial charge is 0.406 e. The normalized spacial score (nSPS) is 22.7. The van der Waals surface area contributed by atoms with E-state index in [1.54, 1.807) is 7.05 Å². The van der Waals surface area contributed by atoms with Gasteiger partial charge in [-0.2, -0.15) is 4.31 Å². The molecule has 1 aliphatic carbocycles. The molecule has 1 unspecified atom stereocenters. The number of hydrogen-bond donors (Lipinski definition) is 1. The van der Waals surface area contributed by atoms with Gasteiger partial charge in [0.2, 0.25) is 10.0 Å². The summed E-state index contributed by atoms with van der Waals surface area (Å²) in [6.45, 7) is 2.41. The summed E-state index contributed by atoms with van der Waals surface area (Å²) >= 11 is 0. The van der Waals surface area contributed by atoms with E-state index in [4.69, 9.17) is 0 Å². The maximum absolute atomic E-state index is 13.5. The fraction of sp³-hybridized carbons (Fsp3) is 0.471. The second-order valence-electron chi connectivity index (χ2n) is 12.3. The molecule has 1 saturated heterocycles. The van der Waals surface area contributed by atoms with Crippen LogP contribution in [-0.2, 0) is 16.4 Å². The van der Waals surface area contributed by atoms with Crippen LogP contribution in [0.4, 0.5) is 13.2 Å². The van der Waals surface area contributed by atoms with E-state index in [0.29, 0.717) is 12.8 Å². The van der Waals surface area contributed by atoms with Crippen molar-refractivity contribution in [2.24, 2.45) is 5.92 Å². The van der Waals surface area contributed by atoms with Crippen LogP contribution in [0.2, 0.25) is 0 Å². The van der Waals surface area contributed by atoms with Crippen LogP contribution in [0, 0.1) is 5.92 Å². The van der Waals surface area contributed by atoms with Gasteiger partial charge in [-0.05, 0) is 92.2 Å². The largest absolute Gasteiger partial charge is 0.573 e. The molecule has 1 aliphatic heterocycles. The zero-order valence-corrected chi connectivity index (χ0v) is 25.8. The number of ether oxygens (including phenoxy) is 1. The molecule has 0 bridgehead atoms. The number of alkyl halides is 3. The van der Waals surface area contributed by atoms with Gasteiger partial charge in [-0.15, -0.1) is 13.2 Å². The zero-order valence-electron chi connectivity index (χ0n) is 25.0. The van der Waals surface area contributed by atoms with Gasteiger partial charge in [0.05, 0.1) is 10.5 Å². The lowest BCUT2D eigenvalue weighted by Crippen LogP contribution is -2.46. The number of piperidine rings is 1. The molecule has 3 atom stereocenters. The Labute approximate surface area is 258 Å². The number of sulfonamides is 1. The highest BCUT2D eigenvalue weighted by Crippen LogP contribution is 2.44. The number of hydrogen-bond acceptors (Lipinski definition) is 5. The molecule has 6 nitrogen and oxygen atoms in total. The lowest BCUT2D eigenvalue weighted by molar-refractivity contribution is -0.274. The third kappa shape index (κ3) is 8.21. The van der Waals surface area contributed by atoms with Gasteiger partial charge < -0.3 is 14.7 Å². The van der Waals surface area contributed by atoms with Gasteiger partial charge in [0.25, 0.3) is 0 Å². The molecule has 1 heterocycles. The van der Waals surface area contributed by atoms with Crippen molar-refractivity contribution in [2.45, 2.75) is 73.8 Å². The second kappa shape index (κ2) is 13.6. The molecule has 3 aromatic rings. The Hall–Kier alpha value is -2.92. The molecule has 0 aromatic heterocycles. The molecule has 5 rings (SSSR count). The summed E-state index contributed by atoms with van der Waals surface area (Å²) in [7, 11) is -2.38. The van der Waals surface area contributed by atoms with E-state index in [2.05, 4.69) is 33.9 Å². The first-order chi connectivity index (χ1) is 20.9. The van der Waals surface area contributed by atoms with Crippen molar-refractivity contribution < 1.29 is 31.4 Å². The van der Waals surface area contributed by atoms with Crippen molar-refractivity contribution in [1.29, 1.82) is 0 Å². The van der Waals surface area contributed by atoms with Gasteiger partial charge in [-0.3, -0.25) is 0 Å². The molecule has 2 aliphatic rings. The number of halogens is 3. The number of likely N-dealkylation sites (tertiary alicyclic amines) is 1. The quantitative estimate of drug-likeness (QED) is 0.258. The second-order valence-corrected chi connectivity index (χ2v) is 14.3. The van der Waals surface area contributed by atoms with Crippen molar-refractivity contribution in [2.75, 3.05) is 26.7 Å². The molecule has 10 heteroatoms. The topological polar surface area (TPSA) is 70.1 Å². The first-order valence-electron chi connectivity index (χ1n) is 15.3. The Morgan fingerprint density at radius 2 is 1.55 bits per heavy atom. The van der Waals surface area contributed by atoms with E-state index in [1.165, 1.54) is 15.4 Å². The van der Waals surface area contributed by atoms with Crippen LogP contribution < -0.4 is 4.74 Å². The maximum Gasteiger partial charge on any atom is 0.573 e. The molecule has 2 fully saturated rings. The average molecular weight is 631 g/mol. The molecular weight excluding hydrogens is 589 g/mol. The fourth-order valence-corrected chi connectivity index (χ4v) is 8.26. The number of aliphatic hydroxyl groups is 1. The highest BCUT2D eigenvalue weighted by molar-refractivity contribution is 7.89. The number of aryl methyl sites for hydroxylation is 1. The standard InChI is InChI=1S/C34H41F3N2O4S/c1-38(44(41,42)31-16-14-30(15-17-31)43-34(35,36)37)29-23-28(32(24-29)27-12-6-3-7-13-27)25-39-21-19-33(40,20-22-39)18-8-11-26-9-4-2-5-10-26/h2-7,9-10,12-17,28-29,32,40H,8,11,18-25H2,1H3/t28-,29?,32-/m1/s1. The molecule has 44 heavy (non-hydrogen) atoms. The molecule has 0 spiro atoms. The van der Waals surface area contributed by atoms with Crippen molar-refractivity contribution in [1.82, 2.24) is 9.21 Å². The summed E-state index contributed by atoms with van der Waals surface area (Å²) in [5.41, 5.74) is 1.81. The summed E-state index contributed by atoms with van der Waals surface area (Å²) in [6.07, 6.45) is 0.584. The fourth-order valence-electron chi connectivity index (χ4n) is 6.88. The van der Waals surface area contributed by atoms with Crippen LogP contribution in [0.15, 0.2) is 89.8 Å². The van der Waals surface area contributed by atoms with E-state index < -0.39 is 27.7 Å². The van der Waals surface area contributed by atoms with Gasteiger partial charge in [0, 0.05) is 32.7 Å². The van der Waals surface area contributed by atoms with E-state index in [1.807, 2.05) is 36.4 Å². The van der Waals surface area contributed by atoms with Crippen LogP contribution >= 0.6 is 0 Å². The van der Waals surface area contributed by atoms with Gasteiger partial charge in [0.15, 0.2) is 0 Å². The van der Waals surface area contributed by atoms with Crippen molar-refractivity contribution in [3.8, 4) is 5.75 Å². The molecule has 1 N–H and O–H groups in total. The van der Waals surface area contributed by atoms with Gasteiger partial charge in [0.1, 0.15) is 5.75 Å². The van der Waals surface area contributed by atoms with Crippen molar-refractivity contribution >= 4 is 10.0 Å². The third-order valence-corrected chi connectivity index (χ3v) is 11.3. The number of nitrogens with zero attached hydrogens (tertiary/aromatic N) is 2. The Bertz CT molecular complexity index is 1450. The maximum atomic E-state index is 13.5. The Kier molecular flexibility index (Phi) is 10.0.